The maximum atomic E-state index is 14.1. The second-order valence-electron chi connectivity index (χ2n) is 5.62. The summed E-state index contributed by atoms with van der Waals surface area (Å²) >= 11 is 1.22. The Labute approximate surface area is 153 Å². The van der Waals surface area contributed by atoms with Crippen LogP contribution in [-0.4, -0.2) is 26.0 Å². The molecule has 1 heterocycles. The van der Waals surface area contributed by atoms with Crippen LogP contribution >= 0.6 is 11.3 Å². The molecule has 0 spiro atoms. The van der Waals surface area contributed by atoms with E-state index in [0.29, 0.717) is 37.5 Å². The normalized spacial score (nSPS) is 10.6. The van der Waals surface area contributed by atoms with E-state index < -0.39 is 0 Å². The van der Waals surface area contributed by atoms with Gasteiger partial charge in [0.2, 0.25) is 0 Å². The number of benzene rings is 2. The van der Waals surface area contributed by atoms with Gasteiger partial charge in [0.15, 0.2) is 0 Å². The van der Waals surface area contributed by atoms with E-state index in [1.807, 2.05) is 0 Å². The Bertz CT molecular complexity index is 1010. The van der Waals surface area contributed by atoms with Gasteiger partial charge >= 0.3 is 0 Å². The van der Waals surface area contributed by atoms with Gasteiger partial charge in [-0.05, 0) is 42.8 Å². The molecule has 0 unspecified atom stereocenters. The third kappa shape index (κ3) is 3.13. The first-order chi connectivity index (χ1) is 12.5. The summed E-state index contributed by atoms with van der Waals surface area (Å²) in [4.78, 5) is 25.0. The van der Waals surface area contributed by atoms with E-state index in [4.69, 9.17) is 4.74 Å². The summed E-state index contributed by atoms with van der Waals surface area (Å²) < 4.78 is 20.0. The van der Waals surface area contributed by atoms with Gasteiger partial charge in [0.25, 0.3) is 11.8 Å². The van der Waals surface area contributed by atoms with Gasteiger partial charge in [-0.25, -0.2) is 4.39 Å². The maximum absolute atomic E-state index is 14.1. The van der Waals surface area contributed by atoms with E-state index in [-0.39, 0.29) is 17.6 Å². The minimum Gasteiger partial charge on any atom is -0.495 e. The van der Waals surface area contributed by atoms with Crippen LogP contribution in [0.4, 0.5) is 10.1 Å². The molecule has 1 aromatic heterocycles. The van der Waals surface area contributed by atoms with E-state index in [9.17, 15) is 14.0 Å². The predicted octanol–water partition coefficient (Wildman–Crippen LogP) is 3.97. The number of halogens is 1. The molecule has 26 heavy (non-hydrogen) atoms. The van der Waals surface area contributed by atoms with Gasteiger partial charge in [-0.3, -0.25) is 9.59 Å². The average Bonchev–Trinajstić information content (AvgIpc) is 2.99. The van der Waals surface area contributed by atoms with E-state index in [0.717, 1.165) is 0 Å². The summed E-state index contributed by atoms with van der Waals surface area (Å²) in [6.45, 7) is 1.72. The molecule has 2 aromatic carbocycles. The number of rotatable bonds is 4. The molecule has 0 aliphatic rings. The highest BCUT2D eigenvalue weighted by molar-refractivity contribution is 7.21. The fourth-order valence-corrected chi connectivity index (χ4v) is 3.86. The third-order valence-electron chi connectivity index (χ3n) is 4.05. The molecule has 2 N–H and O–H groups in total. The van der Waals surface area contributed by atoms with Gasteiger partial charge in [-0.15, -0.1) is 11.3 Å². The molecule has 0 aliphatic heterocycles. The second-order valence-corrected chi connectivity index (χ2v) is 6.67. The Kier molecular flexibility index (Phi) is 4.90. The van der Waals surface area contributed by atoms with Crippen molar-refractivity contribution in [3.8, 4) is 5.75 Å². The first-order valence-corrected chi connectivity index (χ1v) is 8.67. The van der Waals surface area contributed by atoms with Crippen LogP contribution in [0.5, 0.6) is 5.75 Å². The number of hydrogen-bond donors (Lipinski definition) is 2. The summed E-state index contributed by atoms with van der Waals surface area (Å²) in [7, 11) is 3.00. The SMILES string of the molecule is CNC(=O)c1ccc(OC)c(NC(=O)c2sc3cccc(F)c3c2C)c1. The lowest BCUT2D eigenvalue weighted by molar-refractivity contribution is 0.0961. The van der Waals surface area contributed by atoms with Crippen LogP contribution < -0.4 is 15.4 Å². The average molecular weight is 372 g/mol. The number of carbonyl (C=O) groups is 2. The van der Waals surface area contributed by atoms with Crippen molar-refractivity contribution in [2.45, 2.75) is 6.92 Å². The number of anilines is 1. The van der Waals surface area contributed by atoms with Crippen molar-refractivity contribution in [3.05, 3.63) is 58.2 Å². The fourth-order valence-electron chi connectivity index (χ4n) is 2.74. The topological polar surface area (TPSA) is 67.4 Å². The highest BCUT2D eigenvalue weighted by atomic mass is 32.1. The number of hydrogen-bond acceptors (Lipinski definition) is 4. The molecule has 0 saturated heterocycles. The largest absolute Gasteiger partial charge is 0.495 e. The lowest BCUT2D eigenvalue weighted by Crippen LogP contribution is -2.18. The van der Waals surface area contributed by atoms with E-state index in [2.05, 4.69) is 10.6 Å². The molecule has 0 bridgehead atoms. The molecular weight excluding hydrogens is 355 g/mol. The van der Waals surface area contributed by atoms with E-state index in [1.165, 1.54) is 31.6 Å². The molecule has 2 amide bonds. The van der Waals surface area contributed by atoms with Crippen LogP contribution in [0.15, 0.2) is 36.4 Å². The summed E-state index contributed by atoms with van der Waals surface area (Å²) in [5.41, 5.74) is 1.35. The Balaban J connectivity index is 1.99. The second kappa shape index (κ2) is 7.13. The molecule has 5 nitrogen and oxygen atoms in total. The van der Waals surface area contributed by atoms with Crippen LogP contribution in [0, 0.1) is 12.7 Å². The van der Waals surface area contributed by atoms with Gasteiger partial charge in [0, 0.05) is 22.7 Å². The molecule has 0 aliphatic carbocycles. The van der Waals surface area contributed by atoms with Crippen LogP contribution in [-0.2, 0) is 0 Å². The lowest BCUT2D eigenvalue weighted by atomic mass is 10.1. The third-order valence-corrected chi connectivity index (χ3v) is 5.30. The van der Waals surface area contributed by atoms with Crippen molar-refractivity contribution in [1.82, 2.24) is 5.32 Å². The number of amides is 2. The van der Waals surface area contributed by atoms with Gasteiger partial charge < -0.3 is 15.4 Å². The summed E-state index contributed by atoms with van der Waals surface area (Å²) in [5, 5.41) is 5.75. The van der Waals surface area contributed by atoms with Gasteiger partial charge in [0.05, 0.1) is 17.7 Å². The Morgan fingerprint density at radius 3 is 2.58 bits per heavy atom. The van der Waals surface area contributed by atoms with Crippen molar-refractivity contribution in [3.63, 3.8) is 0 Å². The number of thiophene rings is 1. The molecule has 134 valence electrons. The number of fused-ring (bicyclic) bond motifs is 1. The van der Waals surface area contributed by atoms with Crippen molar-refractivity contribution >= 4 is 38.9 Å². The zero-order valence-corrected chi connectivity index (χ0v) is 15.3. The summed E-state index contributed by atoms with van der Waals surface area (Å²) in [6, 6.07) is 9.52. The van der Waals surface area contributed by atoms with Crippen LogP contribution in [0.1, 0.15) is 25.6 Å². The van der Waals surface area contributed by atoms with E-state index >= 15 is 0 Å². The maximum Gasteiger partial charge on any atom is 0.266 e. The van der Waals surface area contributed by atoms with Crippen LogP contribution in [0.25, 0.3) is 10.1 Å². The molecular formula is C19H17FN2O3S. The van der Waals surface area contributed by atoms with Crippen LogP contribution in [0.2, 0.25) is 0 Å². The minimum absolute atomic E-state index is 0.275. The smallest absolute Gasteiger partial charge is 0.266 e. The molecule has 0 saturated carbocycles. The fraction of sp³-hybridized carbons (Fsp3) is 0.158. The molecule has 7 heteroatoms. The molecule has 3 rings (SSSR count). The van der Waals surface area contributed by atoms with Gasteiger partial charge in [-0.2, -0.15) is 0 Å². The predicted molar refractivity (Wildman–Crippen MR) is 101 cm³/mol. The summed E-state index contributed by atoms with van der Waals surface area (Å²) in [6.07, 6.45) is 0. The number of ether oxygens (including phenoxy) is 1. The van der Waals surface area contributed by atoms with Crippen molar-refractivity contribution in [1.29, 1.82) is 0 Å². The molecule has 3 aromatic rings. The Morgan fingerprint density at radius 1 is 1.15 bits per heavy atom. The molecule has 0 fully saturated rings. The standard InChI is InChI=1S/C19H17FN2O3S/c1-10-16-12(20)5-4-6-15(16)26-17(10)19(24)22-13-9-11(18(23)21-2)7-8-14(13)25-3/h4-9H,1-3H3,(H,21,23)(H,22,24). The highest BCUT2D eigenvalue weighted by Crippen LogP contribution is 2.34. The Morgan fingerprint density at radius 2 is 1.92 bits per heavy atom. The first kappa shape index (κ1) is 17.9. The van der Waals surface area contributed by atoms with Crippen molar-refractivity contribution in [2.24, 2.45) is 0 Å². The number of aryl methyl sites for hydroxylation is 1. The monoisotopic (exact) mass is 372 g/mol. The number of methoxy groups -OCH3 is 1. The quantitative estimate of drug-likeness (QED) is 0.728. The number of nitrogens with one attached hydrogen (secondary N) is 2. The van der Waals surface area contributed by atoms with Gasteiger partial charge in [0.1, 0.15) is 11.6 Å². The van der Waals surface area contributed by atoms with Crippen molar-refractivity contribution < 1.29 is 18.7 Å². The van der Waals surface area contributed by atoms with Crippen molar-refractivity contribution in [2.75, 3.05) is 19.5 Å². The zero-order chi connectivity index (χ0) is 18.8. The molecule has 0 atom stereocenters. The lowest BCUT2D eigenvalue weighted by Gasteiger charge is -2.11. The Hall–Kier alpha value is -2.93. The van der Waals surface area contributed by atoms with Gasteiger partial charge in [-0.1, -0.05) is 6.07 Å². The minimum atomic E-state index is -0.379. The van der Waals surface area contributed by atoms with Crippen LogP contribution in [0.3, 0.4) is 0 Å². The molecule has 0 radical (unpaired) electrons. The van der Waals surface area contributed by atoms with E-state index in [1.54, 1.807) is 37.3 Å². The zero-order valence-electron chi connectivity index (χ0n) is 14.5. The first-order valence-electron chi connectivity index (χ1n) is 7.85. The summed E-state index contributed by atoms with van der Waals surface area (Å²) in [5.74, 6) is -0.579. The highest BCUT2D eigenvalue weighted by Gasteiger charge is 2.19. The number of carbonyl (C=O) groups excluding carboxylic acids is 2.